The Bertz CT molecular complexity index is 704. The minimum atomic E-state index is -2.99. The fraction of sp³-hybridized carbons (Fsp3) is 0.267. The van der Waals surface area contributed by atoms with Gasteiger partial charge in [0.1, 0.15) is 17.5 Å². The lowest BCUT2D eigenvalue weighted by Gasteiger charge is -2.08. The Hall–Kier alpha value is -2.44. The van der Waals surface area contributed by atoms with Crippen LogP contribution in [0.5, 0.6) is 0 Å². The highest BCUT2D eigenvalue weighted by Crippen LogP contribution is 2.23. The number of aryl methyl sites for hydroxylation is 2. The van der Waals surface area contributed by atoms with E-state index >= 15 is 0 Å². The zero-order chi connectivity index (χ0) is 16.3. The van der Waals surface area contributed by atoms with Crippen molar-refractivity contribution in [2.24, 2.45) is 0 Å². The molecule has 0 aliphatic rings. The van der Waals surface area contributed by atoms with Crippen LogP contribution in [-0.2, 0) is 6.42 Å². The lowest BCUT2D eigenvalue weighted by atomic mass is 10.1. The Kier molecular flexibility index (Phi) is 4.75. The number of amides is 1. The number of halogens is 3. The summed E-state index contributed by atoms with van der Waals surface area (Å²) in [7, 11) is 0. The third-order valence-corrected chi connectivity index (χ3v) is 2.99. The second kappa shape index (κ2) is 6.55. The summed E-state index contributed by atoms with van der Waals surface area (Å²) in [6, 6.07) is 4.43. The van der Waals surface area contributed by atoms with Crippen molar-refractivity contribution in [3.05, 3.63) is 52.7 Å². The van der Waals surface area contributed by atoms with E-state index in [1.807, 2.05) is 6.92 Å². The van der Waals surface area contributed by atoms with Gasteiger partial charge in [-0.25, -0.2) is 23.1 Å². The van der Waals surface area contributed by atoms with E-state index in [9.17, 15) is 18.0 Å². The molecule has 22 heavy (non-hydrogen) atoms. The largest absolute Gasteiger partial charge is 0.306 e. The van der Waals surface area contributed by atoms with Gasteiger partial charge >= 0.3 is 0 Å². The monoisotopic (exact) mass is 309 g/mol. The molecule has 0 atom stereocenters. The van der Waals surface area contributed by atoms with Crippen molar-refractivity contribution in [3.8, 4) is 0 Å². The molecule has 1 aromatic heterocycles. The van der Waals surface area contributed by atoms with Crippen molar-refractivity contribution in [3.63, 3.8) is 0 Å². The molecule has 7 heteroatoms. The SMILES string of the molecule is CCc1cc(NC(=O)c2ccc(F)c(C(F)F)c2)nc(C)n1. The zero-order valence-corrected chi connectivity index (χ0v) is 12.0. The first-order chi connectivity index (χ1) is 10.4. The molecule has 0 fully saturated rings. The van der Waals surface area contributed by atoms with Gasteiger partial charge < -0.3 is 5.32 Å². The number of anilines is 1. The lowest BCUT2D eigenvalue weighted by molar-refractivity contribution is 0.102. The maximum absolute atomic E-state index is 13.2. The maximum Gasteiger partial charge on any atom is 0.266 e. The predicted molar refractivity (Wildman–Crippen MR) is 75.5 cm³/mol. The average Bonchev–Trinajstić information content (AvgIpc) is 2.46. The van der Waals surface area contributed by atoms with Crippen molar-refractivity contribution in [1.29, 1.82) is 0 Å². The molecule has 4 nitrogen and oxygen atoms in total. The van der Waals surface area contributed by atoms with Crippen LogP contribution in [0, 0.1) is 12.7 Å². The van der Waals surface area contributed by atoms with Gasteiger partial charge in [0.15, 0.2) is 0 Å². The van der Waals surface area contributed by atoms with Gasteiger partial charge in [-0.05, 0) is 31.5 Å². The Morgan fingerprint density at radius 3 is 2.64 bits per heavy atom. The van der Waals surface area contributed by atoms with Gasteiger partial charge in [0, 0.05) is 17.3 Å². The van der Waals surface area contributed by atoms with Crippen molar-refractivity contribution < 1.29 is 18.0 Å². The molecule has 2 aromatic rings. The summed E-state index contributed by atoms with van der Waals surface area (Å²) in [5.74, 6) is -0.918. The molecule has 116 valence electrons. The summed E-state index contributed by atoms with van der Waals surface area (Å²) < 4.78 is 38.5. The first-order valence-corrected chi connectivity index (χ1v) is 6.64. The Morgan fingerprint density at radius 2 is 2.00 bits per heavy atom. The Labute approximate surface area is 125 Å². The third-order valence-electron chi connectivity index (χ3n) is 2.99. The van der Waals surface area contributed by atoms with Crippen LogP contribution < -0.4 is 5.32 Å². The maximum atomic E-state index is 13.2. The van der Waals surface area contributed by atoms with Crippen molar-refractivity contribution in [1.82, 2.24) is 9.97 Å². The normalized spacial score (nSPS) is 10.8. The number of aromatic nitrogens is 2. The van der Waals surface area contributed by atoms with E-state index in [2.05, 4.69) is 15.3 Å². The van der Waals surface area contributed by atoms with Gasteiger partial charge in [-0.2, -0.15) is 0 Å². The Morgan fingerprint density at radius 1 is 1.27 bits per heavy atom. The van der Waals surface area contributed by atoms with E-state index in [0.717, 1.165) is 23.9 Å². The molecule has 1 amide bonds. The number of carbonyl (C=O) groups is 1. The van der Waals surface area contributed by atoms with E-state index < -0.39 is 23.7 Å². The number of alkyl halides is 2. The predicted octanol–water partition coefficient (Wildman–Crippen LogP) is 3.68. The number of nitrogens with one attached hydrogen (secondary N) is 1. The van der Waals surface area contributed by atoms with Crippen molar-refractivity contribution in [2.45, 2.75) is 26.7 Å². The quantitative estimate of drug-likeness (QED) is 0.937. The third kappa shape index (κ3) is 3.60. The van der Waals surface area contributed by atoms with Crippen molar-refractivity contribution in [2.75, 3.05) is 5.32 Å². The summed E-state index contributed by atoms with van der Waals surface area (Å²) in [6.07, 6.45) is -2.32. The smallest absolute Gasteiger partial charge is 0.266 e. The molecule has 0 aliphatic heterocycles. The molecular weight excluding hydrogens is 295 g/mol. The molecule has 2 rings (SSSR count). The summed E-state index contributed by atoms with van der Waals surface area (Å²) in [4.78, 5) is 20.3. The number of carbonyl (C=O) groups excluding carboxylic acids is 1. The van der Waals surface area contributed by atoms with Gasteiger partial charge in [0.05, 0.1) is 5.56 Å². The van der Waals surface area contributed by atoms with Crippen LogP contribution in [0.4, 0.5) is 19.0 Å². The highest BCUT2D eigenvalue weighted by Gasteiger charge is 2.17. The van der Waals surface area contributed by atoms with E-state index in [1.165, 1.54) is 0 Å². The average molecular weight is 309 g/mol. The molecule has 0 saturated heterocycles. The number of benzene rings is 1. The minimum absolute atomic E-state index is 0.0639. The van der Waals surface area contributed by atoms with Crippen LogP contribution >= 0.6 is 0 Å². The van der Waals surface area contributed by atoms with Crippen molar-refractivity contribution >= 4 is 11.7 Å². The van der Waals surface area contributed by atoms with Gasteiger partial charge in [0.2, 0.25) is 0 Å². The number of rotatable bonds is 4. The van der Waals surface area contributed by atoms with Gasteiger partial charge in [-0.15, -0.1) is 0 Å². The molecule has 0 saturated carbocycles. The second-order valence-electron chi connectivity index (χ2n) is 4.64. The van der Waals surface area contributed by atoms with Crippen LogP contribution in [0.15, 0.2) is 24.3 Å². The lowest BCUT2D eigenvalue weighted by Crippen LogP contribution is -2.14. The fourth-order valence-corrected chi connectivity index (χ4v) is 1.92. The Balaban J connectivity index is 2.26. The number of hydrogen-bond donors (Lipinski definition) is 1. The van der Waals surface area contributed by atoms with Crippen LogP contribution in [0.25, 0.3) is 0 Å². The van der Waals surface area contributed by atoms with Gasteiger partial charge in [-0.3, -0.25) is 4.79 Å². The van der Waals surface area contributed by atoms with Crippen LogP contribution in [-0.4, -0.2) is 15.9 Å². The topological polar surface area (TPSA) is 54.9 Å². The summed E-state index contributed by atoms with van der Waals surface area (Å²) in [5.41, 5.74) is -0.123. The highest BCUT2D eigenvalue weighted by molar-refractivity contribution is 6.03. The molecule has 0 unspecified atom stereocenters. The van der Waals surface area contributed by atoms with E-state index in [4.69, 9.17) is 0 Å². The molecule has 0 spiro atoms. The molecule has 1 heterocycles. The molecule has 1 aromatic carbocycles. The fourth-order valence-electron chi connectivity index (χ4n) is 1.92. The number of nitrogens with zero attached hydrogens (tertiary/aromatic N) is 2. The van der Waals surface area contributed by atoms with Gasteiger partial charge in [0.25, 0.3) is 12.3 Å². The second-order valence-corrected chi connectivity index (χ2v) is 4.64. The van der Waals surface area contributed by atoms with Crippen LogP contribution in [0.3, 0.4) is 0 Å². The summed E-state index contributed by atoms with van der Waals surface area (Å²) in [6.45, 7) is 3.59. The van der Waals surface area contributed by atoms with E-state index in [0.29, 0.717) is 12.2 Å². The van der Waals surface area contributed by atoms with Crippen LogP contribution in [0.1, 0.15) is 40.8 Å². The summed E-state index contributed by atoms with van der Waals surface area (Å²) >= 11 is 0. The molecule has 0 aliphatic carbocycles. The zero-order valence-electron chi connectivity index (χ0n) is 12.0. The first kappa shape index (κ1) is 15.9. The standard InChI is InChI=1S/C15H14F3N3O/c1-3-10-7-13(20-8(2)19-10)21-15(22)9-4-5-12(16)11(6-9)14(17)18/h4-7,14H,3H2,1-2H3,(H,19,20,21,22). The van der Waals surface area contributed by atoms with Gasteiger partial charge in [-0.1, -0.05) is 6.92 Å². The number of hydrogen-bond acceptors (Lipinski definition) is 3. The molecule has 0 radical (unpaired) electrons. The minimum Gasteiger partial charge on any atom is -0.306 e. The first-order valence-electron chi connectivity index (χ1n) is 6.64. The molecule has 0 bridgehead atoms. The van der Waals surface area contributed by atoms with Crippen LogP contribution in [0.2, 0.25) is 0 Å². The van der Waals surface area contributed by atoms with E-state index in [1.54, 1.807) is 13.0 Å². The molecular formula is C15H14F3N3O. The highest BCUT2D eigenvalue weighted by atomic mass is 19.3. The summed E-state index contributed by atoms with van der Waals surface area (Å²) in [5, 5.41) is 2.50. The van der Waals surface area contributed by atoms with E-state index in [-0.39, 0.29) is 11.4 Å². The molecule has 1 N–H and O–H groups in total.